The predicted molar refractivity (Wildman–Crippen MR) is 72.1 cm³/mol. The van der Waals surface area contributed by atoms with Crippen LogP contribution < -0.4 is 10.9 Å². The van der Waals surface area contributed by atoms with Gasteiger partial charge >= 0.3 is 0 Å². The van der Waals surface area contributed by atoms with Gasteiger partial charge in [0.15, 0.2) is 0 Å². The Kier molecular flexibility index (Phi) is 4.31. The van der Waals surface area contributed by atoms with Crippen molar-refractivity contribution in [1.82, 2.24) is 20.2 Å². The maximum absolute atomic E-state index is 12.2. The molecule has 104 valence electrons. The molecule has 0 atom stereocenters. The number of H-pyrrole nitrogens is 1. The van der Waals surface area contributed by atoms with Gasteiger partial charge in [-0.3, -0.25) is 9.59 Å². The minimum atomic E-state index is -0.297. The number of aromatic nitrogens is 2. The Hall–Kier alpha value is -1.69. The van der Waals surface area contributed by atoms with Crippen LogP contribution in [0.3, 0.4) is 0 Å². The summed E-state index contributed by atoms with van der Waals surface area (Å²) in [6.45, 7) is 0. The van der Waals surface area contributed by atoms with Crippen LogP contribution >= 0.6 is 0 Å². The number of hydrogen-bond acceptors (Lipinski definition) is 4. The summed E-state index contributed by atoms with van der Waals surface area (Å²) in [4.78, 5) is 31.3. The quantitative estimate of drug-likeness (QED) is 0.827. The van der Waals surface area contributed by atoms with E-state index in [4.69, 9.17) is 0 Å². The van der Waals surface area contributed by atoms with Crippen LogP contribution in [-0.4, -0.2) is 47.0 Å². The van der Waals surface area contributed by atoms with Crippen molar-refractivity contribution in [3.05, 3.63) is 28.4 Å². The SMILES string of the molecule is CNC1CCC(N(C)C(=O)c2c[nH]c(=O)cn2)CC1. The third-order valence-electron chi connectivity index (χ3n) is 3.86. The number of aromatic amines is 1. The first-order valence-corrected chi connectivity index (χ1v) is 6.61. The lowest BCUT2D eigenvalue weighted by Gasteiger charge is -2.34. The molecule has 2 rings (SSSR count). The number of rotatable bonds is 3. The second kappa shape index (κ2) is 5.97. The molecule has 0 radical (unpaired) electrons. The van der Waals surface area contributed by atoms with Crippen molar-refractivity contribution in [3.63, 3.8) is 0 Å². The highest BCUT2D eigenvalue weighted by Gasteiger charge is 2.26. The molecule has 0 bridgehead atoms. The van der Waals surface area contributed by atoms with Gasteiger partial charge in [0.05, 0.1) is 6.20 Å². The van der Waals surface area contributed by atoms with Gasteiger partial charge in [0.1, 0.15) is 5.69 Å². The van der Waals surface area contributed by atoms with Crippen molar-refractivity contribution >= 4 is 5.91 Å². The third-order valence-corrected chi connectivity index (χ3v) is 3.86. The summed E-state index contributed by atoms with van der Waals surface area (Å²) < 4.78 is 0. The Balaban J connectivity index is 1.99. The molecule has 1 heterocycles. The largest absolute Gasteiger partial charge is 0.337 e. The number of nitrogens with zero attached hydrogens (tertiary/aromatic N) is 2. The van der Waals surface area contributed by atoms with E-state index in [2.05, 4.69) is 15.3 Å². The van der Waals surface area contributed by atoms with Crippen LogP contribution in [0.4, 0.5) is 0 Å². The zero-order valence-corrected chi connectivity index (χ0v) is 11.3. The molecule has 1 aliphatic rings. The van der Waals surface area contributed by atoms with Crippen LogP contribution in [0.15, 0.2) is 17.2 Å². The molecule has 1 amide bonds. The second-order valence-corrected chi connectivity index (χ2v) is 5.01. The van der Waals surface area contributed by atoms with Crippen molar-refractivity contribution in [3.8, 4) is 0 Å². The first-order valence-electron chi connectivity index (χ1n) is 6.61. The number of nitrogens with one attached hydrogen (secondary N) is 2. The average Bonchev–Trinajstić information content (AvgIpc) is 2.46. The zero-order chi connectivity index (χ0) is 13.8. The first kappa shape index (κ1) is 13.7. The van der Waals surface area contributed by atoms with E-state index >= 15 is 0 Å². The average molecular weight is 264 g/mol. The van der Waals surface area contributed by atoms with E-state index in [9.17, 15) is 9.59 Å². The topological polar surface area (TPSA) is 78.1 Å². The lowest BCUT2D eigenvalue weighted by Crippen LogP contribution is -2.42. The van der Waals surface area contributed by atoms with Gasteiger partial charge in [-0.1, -0.05) is 0 Å². The monoisotopic (exact) mass is 264 g/mol. The molecule has 2 N–H and O–H groups in total. The van der Waals surface area contributed by atoms with Crippen LogP contribution in [0, 0.1) is 0 Å². The fourth-order valence-electron chi connectivity index (χ4n) is 2.56. The van der Waals surface area contributed by atoms with Crippen molar-refractivity contribution in [2.24, 2.45) is 0 Å². The van der Waals surface area contributed by atoms with E-state index in [-0.39, 0.29) is 23.2 Å². The van der Waals surface area contributed by atoms with E-state index in [1.165, 1.54) is 6.20 Å². The van der Waals surface area contributed by atoms with E-state index in [0.717, 1.165) is 31.9 Å². The van der Waals surface area contributed by atoms with Gasteiger partial charge in [-0.05, 0) is 32.7 Å². The highest BCUT2D eigenvalue weighted by atomic mass is 16.2. The molecule has 0 saturated heterocycles. The lowest BCUT2D eigenvalue weighted by molar-refractivity contribution is 0.0679. The molecule has 1 fully saturated rings. The molecule has 0 aliphatic heterocycles. The molecule has 1 aliphatic carbocycles. The van der Waals surface area contributed by atoms with Gasteiger partial charge in [-0.25, -0.2) is 4.98 Å². The van der Waals surface area contributed by atoms with E-state index < -0.39 is 0 Å². The normalized spacial score (nSPS) is 23.1. The highest BCUT2D eigenvalue weighted by Crippen LogP contribution is 2.22. The molecular formula is C13H20N4O2. The van der Waals surface area contributed by atoms with Gasteiger partial charge in [-0.2, -0.15) is 0 Å². The van der Waals surface area contributed by atoms with Crippen molar-refractivity contribution in [2.45, 2.75) is 37.8 Å². The van der Waals surface area contributed by atoms with Crippen molar-refractivity contribution in [1.29, 1.82) is 0 Å². The molecule has 1 aromatic heterocycles. The maximum atomic E-state index is 12.2. The molecule has 6 nitrogen and oxygen atoms in total. The zero-order valence-electron chi connectivity index (χ0n) is 11.3. The molecule has 0 aromatic carbocycles. The van der Waals surface area contributed by atoms with Gasteiger partial charge < -0.3 is 15.2 Å². The molecular weight excluding hydrogens is 244 g/mol. The Morgan fingerprint density at radius 2 is 2.11 bits per heavy atom. The minimum absolute atomic E-state index is 0.135. The van der Waals surface area contributed by atoms with E-state index in [1.54, 1.807) is 11.9 Å². The number of hydrogen-bond donors (Lipinski definition) is 2. The fraction of sp³-hybridized carbons (Fsp3) is 0.615. The predicted octanol–water partition coefficient (Wildman–Crippen LogP) is 0.372. The fourth-order valence-corrected chi connectivity index (χ4v) is 2.56. The van der Waals surface area contributed by atoms with Crippen LogP contribution in [0.2, 0.25) is 0 Å². The van der Waals surface area contributed by atoms with Crippen LogP contribution in [0.1, 0.15) is 36.2 Å². The van der Waals surface area contributed by atoms with Crippen molar-refractivity contribution in [2.75, 3.05) is 14.1 Å². The molecule has 0 unspecified atom stereocenters. The van der Waals surface area contributed by atoms with Gasteiger partial charge in [-0.15, -0.1) is 0 Å². The number of carbonyl (C=O) groups is 1. The standard InChI is InChI=1S/C13H20N4O2/c1-14-9-3-5-10(6-4-9)17(2)13(19)11-7-16-12(18)8-15-11/h7-10,14H,3-6H2,1-2H3,(H,16,18). The Bertz CT molecular complexity index is 471. The summed E-state index contributed by atoms with van der Waals surface area (Å²) in [5.41, 5.74) is -0.00780. The maximum Gasteiger partial charge on any atom is 0.273 e. The Morgan fingerprint density at radius 1 is 1.42 bits per heavy atom. The molecule has 1 aromatic rings. The number of carbonyl (C=O) groups excluding carboxylic acids is 1. The Morgan fingerprint density at radius 3 is 2.63 bits per heavy atom. The summed E-state index contributed by atoms with van der Waals surface area (Å²) in [5.74, 6) is -0.135. The lowest BCUT2D eigenvalue weighted by atomic mass is 9.90. The summed E-state index contributed by atoms with van der Waals surface area (Å²) in [6.07, 6.45) is 6.67. The smallest absolute Gasteiger partial charge is 0.273 e. The Labute approximate surface area is 112 Å². The van der Waals surface area contributed by atoms with Crippen LogP contribution in [0.5, 0.6) is 0 Å². The first-order chi connectivity index (χ1) is 9.11. The molecule has 19 heavy (non-hydrogen) atoms. The van der Waals surface area contributed by atoms with E-state index in [1.807, 2.05) is 7.05 Å². The summed E-state index contributed by atoms with van der Waals surface area (Å²) in [5, 5.41) is 3.28. The van der Waals surface area contributed by atoms with Crippen LogP contribution in [-0.2, 0) is 0 Å². The molecule has 0 spiro atoms. The second-order valence-electron chi connectivity index (χ2n) is 5.01. The van der Waals surface area contributed by atoms with Crippen LogP contribution in [0.25, 0.3) is 0 Å². The van der Waals surface area contributed by atoms with Crippen molar-refractivity contribution < 1.29 is 4.79 Å². The van der Waals surface area contributed by atoms with Gasteiger partial charge in [0, 0.05) is 25.3 Å². The molecule has 1 saturated carbocycles. The summed E-state index contributed by atoms with van der Waals surface area (Å²) in [7, 11) is 3.78. The van der Waals surface area contributed by atoms with E-state index in [0.29, 0.717) is 6.04 Å². The minimum Gasteiger partial charge on any atom is -0.337 e. The summed E-state index contributed by atoms with van der Waals surface area (Å²) in [6, 6.07) is 0.816. The third kappa shape index (κ3) is 3.20. The summed E-state index contributed by atoms with van der Waals surface area (Å²) >= 11 is 0. The molecule has 6 heteroatoms. The number of amides is 1. The van der Waals surface area contributed by atoms with Gasteiger partial charge in [0.25, 0.3) is 11.5 Å². The highest BCUT2D eigenvalue weighted by molar-refractivity contribution is 5.91. The van der Waals surface area contributed by atoms with Gasteiger partial charge in [0.2, 0.25) is 0 Å².